The van der Waals surface area contributed by atoms with Gasteiger partial charge in [0.1, 0.15) is 0 Å². The minimum Gasteiger partial charge on any atom is -0.481 e. The first-order valence-corrected chi connectivity index (χ1v) is 6.68. The lowest BCUT2D eigenvalue weighted by atomic mass is 10.1. The van der Waals surface area contributed by atoms with E-state index in [0.29, 0.717) is 15.6 Å². The van der Waals surface area contributed by atoms with Crippen molar-refractivity contribution in [3.05, 3.63) is 39.9 Å². The fourth-order valence-electron chi connectivity index (χ4n) is 1.52. The van der Waals surface area contributed by atoms with Gasteiger partial charge in [0.25, 0.3) is 0 Å². The summed E-state index contributed by atoms with van der Waals surface area (Å²) in [6.45, 7) is 1.69. The summed E-state index contributed by atoms with van der Waals surface area (Å²) in [7, 11) is 1.55. The summed E-state index contributed by atoms with van der Waals surface area (Å²) in [5.74, 6) is -1.85. The number of carbonyl (C=O) groups excluding carboxylic acids is 1. The summed E-state index contributed by atoms with van der Waals surface area (Å²) < 4.78 is 0. The monoisotopic (exact) mass is 315 g/mol. The Balaban J connectivity index is 2.72. The van der Waals surface area contributed by atoms with Crippen LogP contribution in [0.2, 0.25) is 10.0 Å². The fourth-order valence-corrected chi connectivity index (χ4v) is 1.89. The molecule has 0 aliphatic carbocycles. The summed E-state index contributed by atoms with van der Waals surface area (Å²) in [5, 5.41) is 9.59. The van der Waals surface area contributed by atoms with Crippen molar-refractivity contribution in [1.82, 2.24) is 4.90 Å². The van der Waals surface area contributed by atoms with Crippen LogP contribution in [-0.4, -0.2) is 35.5 Å². The van der Waals surface area contributed by atoms with Crippen LogP contribution in [0.3, 0.4) is 0 Å². The van der Waals surface area contributed by atoms with E-state index in [0.717, 1.165) is 0 Å². The smallest absolute Gasteiger partial charge is 0.308 e. The van der Waals surface area contributed by atoms with Crippen LogP contribution in [0, 0.1) is 5.92 Å². The molecule has 0 heterocycles. The molecule has 0 radical (unpaired) electrons. The Bertz CT molecular complexity index is 543. The quantitative estimate of drug-likeness (QED) is 0.849. The normalized spacial score (nSPS) is 12.4. The second kappa shape index (κ2) is 7.31. The molecule has 0 saturated carbocycles. The van der Waals surface area contributed by atoms with E-state index >= 15 is 0 Å². The molecule has 1 N–H and O–H groups in total. The SMILES string of the molecule is CC(CN(C)C(=O)C=Cc1cccc(Cl)c1Cl)C(=O)O. The molecule has 4 nitrogen and oxygen atoms in total. The molecule has 1 aromatic carbocycles. The van der Waals surface area contributed by atoms with Crippen LogP contribution < -0.4 is 0 Å². The molecule has 0 bridgehead atoms. The number of hydrogen-bond donors (Lipinski definition) is 1. The zero-order chi connectivity index (χ0) is 15.3. The van der Waals surface area contributed by atoms with Crippen molar-refractivity contribution in [1.29, 1.82) is 0 Å². The van der Waals surface area contributed by atoms with Crippen molar-refractivity contribution in [2.45, 2.75) is 6.92 Å². The van der Waals surface area contributed by atoms with E-state index in [1.165, 1.54) is 11.0 Å². The second-order valence-corrected chi connectivity index (χ2v) is 5.22. The number of nitrogens with zero attached hydrogens (tertiary/aromatic N) is 1. The lowest BCUT2D eigenvalue weighted by molar-refractivity contribution is -0.142. The number of halogens is 2. The number of rotatable bonds is 5. The van der Waals surface area contributed by atoms with Crippen LogP contribution >= 0.6 is 23.2 Å². The molecule has 0 fully saturated rings. The summed E-state index contributed by atoms with van der Waals surface area (Å²) in [5.41, 5.74) is 0.632. The topological polar surface area (TPSA) is 57.6 Å². The first kappa shape index (κ1) is 16.5. The largest absolute Gasteiger partial charge is 0.481 e. The Morgan fingerprint density at radius 1 is 1.40 bits per heavy atom. The van der Waals surface area contributed by atoms with Crippen molar-refractivity contribution in [3.63, 3.8) is 0 Å². The van der Waals surface area contributed by atoms with Crippen molar-refractivity contribution in [2.24, 2.45) is 5.92 Å². The minimum atomic E-state index is -0.938. The van der Waals surface area contributed by atoms with Gasteiger partial charge in [0, 0.05) is 19.7 Å². The molecular weight excluding hydrogens is 301 g/mol. The molecule has 1 amide bonds. The van der Waals surface area contributed by atoms with Gasteiger partial charge in [0.15, 0.2) is 0 Å². The number of carbonyl (C=O) groups is 2. The van der Waals surface area contributed by atoms with E-state index in [-0.39, 0.29) is 12.5 Å². The van der Waals surface area contributed by atoms with Gasteiger partial charge in [0.2, 0.25) is 5.91 Å². The first-order valence-electron chi connectivity index (χ1n) is 5.93. The van der Waals surface area contributed by atoms with Crippen LogP contribution in [-0.2, 0) is 9.59 Å². The molecule has 108 valence electrons. The number of likely N-dealkylation sites (N-methyl/N-ethyl adjacent to an activating group) is 1. The van der Waals surface area contributed by atoms with Crippen molar-refractivity contribution >= 4 is 41.2 Å². The average molecular weight is 316 g/mol. The minimum absolute atomic E-state index is 0.141. The van der Waals surface area contributed by atoms with Gasteiger partial charge < -0.3 is 10.0 Å². The van der Waals surface area contributed by atoms with E-state index < -0.39 is 11.9 Å². The standard InChI is InChI=1S/C14H15Cl2NO3/c1-9(14(19)20)8-17(2)12(18)7-6-10-4-3-5-11(15)13(10)16/h3-7,9H,8H2,1-2H3,(H,19,20). The number of hydrogen-bond acceptors (Lipinski definition) is 2. The molecule has 0 aromatic heterocycles. The zero-order valence-corrected chi connectivity index (χ0v) is 12.6. The number of benzene rings is 1. The number of carboxylic acid groups (broad SMARTS) is 1. The second-order valence-electron chi connectivity index (χ2n) is 4.43. The Morgan fingerprint density at radius 2 is 2.05 bits per heavy atom. The molecule has 1 atom stereocenters. The Morgan fingerprint density at radius 3 is 2.65 bits per heavy atom. The average Bonchev–Trinajstić information content (AvgIpc) is 2.39. The maximum Gasteiger partial charge on any atom is 0.308 e. The van der Waals surface area contributed by atoms with Gasteiger partial charge in [-0.1, -0.05) is 42.3 Å². The highest BCUT2D eigenvalue weighted by Crippen LogP contribution is 2.26. The Hall–Kier alpha value is -1.52. The highest BCUT2D eigenvalue weighted by atomic mass is 35.5. The Labute approximate surface area is 127 Å². The van der Waals surface area contributed by atoms with E-state index in [2.05, 4.69) is 0 Å². The predicted molar refractivity (Wildman–Crippen MR) is 79.9 cm³/mol. The Kier molecular flexibility index (Phi) is 6.05. The molecular formula is C14H15Cl2NO3. The lowest BCUT2D eigenvalue weighted by Gasteiger charge is -2.17. The summed E-state index contributed by atoms with van der Waals surface area (Å²) >= 11 is 11.9. The van der Waals surface area contributed by atoms with E-state index in [1.807, 2.05) is 0 Å². The number of aliphatic carboxylic acids is 1. The zero-order valence-electron chi connectivity index (χ0n) is 11.1. The van der Waals surface area contributed by atoms with E-state index in [9.17, 15) is 9.59 Å². The van der Waals surface area contributed by atoms with Gasteiger partial charge in [-0.05, 0) is 17.7 Å². The number of carboxylic acids is 1. The van der Waals surface area contributed by atoms with Gasteiger partial charge in [-0.2, -0.15) is 0 Å². The maximum absolute atomic E-state index is 11.8. The molecule has 1 unspecified atom stereocenters. The van der Waals surface area contributed by atoms with Gasteiger partial charge in [-0.3, -0.25) is 9.59 Å². The van der Waals surface area contributed by atoms with Gasteiger partial charge >= 0.3 is 5.97 Å². The van der Waals surface area contributed by atoms with Gasteiger partial charge in [0.05, 0.1) is 16.0 Å². The molecule has 0 aliphatic rings. The van der Waals surface area contributed by atoms with Crippen molar-refractivity contribution < 1.29 is 14.7 Å². The molecule has 0 saturated heterocycles. The highest BCUT2D eigenvalue weighted by molar-refractivity contribution is 6.42. The van der Waals surface area contributed by atoms with Crippen LogP contribution in [0.5, 0.6) is 0 Å². The third-order valence-corrected chi connectivity index (χ3v) is 3.57. The maximum atomic E-state index is 11.8. The van der Waals surface area contributed by atoms with Crippen LogP contribution in [0.1, 0.15) is 12.5 Å². The van der Waals surface area contributed by atoms with E-state index in [1.54, 1.807) is 38.2 Å². The first-order chi connectivity index (χ1) is 9.32. The highest BCUT2D eigenvalue weighted by Gasteiger charge is 2.15. The summed E-state index contributed by atoms with van der Waals surface area (Å²) in [6.07, 6.45) is 2.89. The van der Waals surface area contributed by atoms with Crippen LogP contribution in [0.25, 0.3) is 6.08 Å². The predicted octanol–water partition coefficient (Wildman–Crippen LogP) is 3.19. The molecule has 1 aromatic rings. The summed E-state index contributed by atoms with van der Waals surface area (Å²) in [4.78, 5) is 23.9. The van der Waals surface area contributed by atoms with Gasteiger partial charge in [-0.15, -0.1) is 0 Å². The van der Waals surface area contributed by atoms with Crippen molar-refractivity contribution in [3.8, 4) is 0 Å². The van der Waals surface area contributed by atoms with E-state index in [4.69, 9.17) is 28.3 Å². The molecule has 1 rings (SSSR count). The molecule has 6 heteroatoms. The molecule has 0 spiro atoms. The third kappa shape index (κ3) is 4.54. The fraction of sp³-hybridized carbons (Fsp3) is 0.286. The van der Waals surface area contributed by atoms with Crippen LogP contribution in [0.4, 0.5) is 0 Å². The summed E-state index contributed by atoms with van der Waals surface area (Å²) in [6, 6.07) is 5.12. The third-order valence-electron chi connectivity index (χ3n) is 2.73. The lowest BCUT2D eigenvalue weighted by Crippen LogP contribution is -2.32. The van der Waals surface area contributed by atoms with Crippen molar-refractivity contribution in [2.75, 3.05) is 13.6 Å². The number of amides is 1. The molecule has 0 aliphatic heterocycles. The van der Waals surface area contributed by atoms with Gasteiger partial charge in [-0.25, -0.2) is 0 Å². The van der Waals surface area contributed by atoms with Crippen LogP contribution in [0.15, 0.2) is 24.3 Å². The molecule has 20 heavy (non-hydrogen) atoms.